The number of para-hydroxylation sites is 1. The van der Waals surface area contributed by atoms with E-state index in [1.807, 2.05) is 36.5 Å². The van der Waals surface area contributed by atoms with Gasteiger partial charge in [-0.25, -0.2) is 0 Å². The van der Waals surface area contributed by atoms with Gasteiger partial charge in [0.1, 0.15) is 0 Å². The summed E-state index contributed by atoms with van der Waals surface area (Å²) in [4.78, 5) is 16.9. The van der Waals surface area contributed by atoms with E-state index in [0.29, 0.717) is 0 Å². The van der Waals surface area contributed by atoms with Crippen LogP contribution in [0.1, 0.15) is 17.3 Å². The maximum atomic E-state index is 12.3. The Hall–Kier alpha value is -2.94. The summed E-state index contributed by atoms with van der Waals surface area (Å²) in [6, 6.07) is 18.2. The number of benzene rings is 2. The number of rotatable bonds is 1. The predicted octanol–water partition coefficient (Wildman–Crippen LogP) is 4.83. The average molecular weight is 300 g/mol. The molecule has 0 bridgehead atoms. The van der Waals surface area contributed by atoms with Crippen LogP contribution in [0, 0.1) is 6.92 Å². The van der Waals surface area contributed by atoms with Crippen molar-refractivity contribution < 1.29 is 4.79 Å². The monoisotopic (exact) mass is 300 g/mol. The summed E-state index contributed by atoms with van der Waals surface area (Å²) in [6.45, 7) is 3.66. The summed E-state index contributed by atoms with van der Waals surface area (Å²) in [7, 11) is 0. The van der Waals surface area contributed by atoms with Crippen molar-refractivity contribution in [2.75, 3.05) is 0 Å². The molecule has 2 heterocycles. The van der Waals surface area contributed by atoms with Gasteiger partial charge in [-0.15, -0.1) is 0 Å². The molecule has 4 aromatic rings. The quantitative estimate of drug-likeness (QED) is 0.505. The Kier molecular flexibility index (Phi) is 3.01. The number of fused-ring (bicyclic) bond motifs is 3. The summed E-state index contributed by atoms with van der Waals surface area (Å²) in [5.41, 5.74) is 5.99. The number of aryl methyl sites for hydroxylation is 1. The number of aromatic nitrogens is 2. The van der Waals surface area contributed by atoms with E-state index in [1.165, 1.54) is 5.56 Å². The van der Waals surface area contributed by atoms with Crippen LogP contribution in [0.3, 0.4) is 0 Å². The van der Waals surface area contributed by atoms with Crippen LogP contribution >= 0.6 is 0 Å². The molecule has 0 aliphatic heterocycles. The Balaban J connectivity index is 2.18. The largest absolute Gasteiger partial charge is 0.278 e. The van der Waals surface area contributed by atoms with E-state index in [2.05, 4.69) is 36.2 Å². The third-order valence-electron chi connectivity index (χ3n) is 4.23. The topological polar surface area (TPSA) is 34.9 Å². The highest BCUT2D eigenvalue weighted by Gasteiger charge is 2.17. The van der Waals surface area contributed by atoms with Crippen LogP contribution in [0.25, 0.3) is 33.1 Å². The van der Waals surface area contributed by atoms with Crippen LogP contribution in [0.4, 0.5) is 0 Å². The van der Waals surface area contributed by atoms with Crippen molar-refractivity contribution in [3.05, 3.63) is 66.4 Å². The predicted molar refractivity (Wildman–Crippen MR) is 93.7 cm³/mol. The molecule has 0 saturated carbocycles. The Morgan fingerprint density at radius 1 is 1.00 bits per heavy atom. The number of nitrogens with zero attached hydrogens (tertiary/aromatic N) is 2. The zero-order valence-corrected chi connectivity index (χ0v) is 13.1. The lowest BCUT2D eigenvalue weighted by atomic mass is 10.0. The molecule has 23 heavy (non-hydrogen) atoms. The van der Waals surface area contributed by atoms with Gasteiger partial charge in [0.2, 0.25) is 5.91 Å². The maximum Gasteiger partial charge on any atom is 0.228 e. The number of hydrogen-bond acceptors (Lipinski definition) is 2. The van der Waals surface area contributed by atoms with E-state index in [9.17, 15) is 4.79 Å². The molecule has 0 N–H and O–H groups in total. The number of carbonyl (C=O) groups excluding carboxylic acids is 1. The molecule has 4 rings (SSSR count). The third kappa shape index (κ3) is 2.05. The van der Waals surface area contributed by atoms with Gasteiger partial charge in [0.25, 0.3) is 0 Å². The standard InChI is InChI=1S/C20H16N2O/c1-13-7-9-15(10-8-13)16-11-12-21-19-17-5-3-4-6-18(17)22(14(2)23)20(16)19/h3-12H,1-2H3. The van der Waals surface area contributed by atoms with E-state index in [0.717, 1.165) is 33.1 Å². The SMILES string of the molecule is CC(=O)n1c2ccccc2c2nccc(-c3ccc(C)cc3)c21. The fourth-order valence-corrected chi connectivity index (χ4v) is 3.16. The van der Waals surface area contributed by atoms with E-state index in [4.69, 9.17) is 0 Å². The Morgan fingerprint density at radius 2 is 1.74 bits per heavy atom. The number of carbonyl (C=O) groups is 1. The molecular formula is C20H16N2O. The number of hydrogen-bond donors (Lipinski definition) is 0. The Labute approximate surface area is 134 Å². The molecule has 0 fully saturated rings. The minimum atomic E-state index is -0.00226. The second-order valence-corrected chi connectivity index (χ2v) is 5.79. The van der Waals surface area contributed by atoms with Gasteiger partial charge in [-0.05, 0) is 24.6 Å². The number of pyridine rings is 1. The van der Waals surface area contributed by atoms with Gasteiger partial charge >= 0.3 is 0 Å². The van der Waals surface area contributed by atoms with Crippen LogP contribution in [-0.2, 0) is 0 Å². The second-order valence-electron chi connectivity index (χ2n) is 5.79. The lowest BCUT2D eigenvalue weighted by molar-refractivity contribution is 0.0946. The lowest BCUT2D eigenvalue weighted by Crippen LogP contribution is -2.05. The zero-order valence-electron chi connectivity index (χ0n) is 13.1. The van der Waals surface area contributed by atoms with Gasteiger partial charge in [-0.1, -0.05) is 48.0 Å². The first kappa shape index (κ1) is 13.7. The normalized spacial score (nSPS) is 11.2. The van der Waals surface area contributed by atoms with Gasteiger partial charge in [-0.2, -0.15) is 0 Å². The second kappa shape index (κ2) is 5.06. The fourth-order valence-electron chi connectivity index (χ4n) is 3.16. The summed E-state index contributed by atoms with van der Waals surface area (Å²) < 4.78 is 1.77. The summed E-state index contributed by atoms with van der Waals surface area (Å²) in [6.07, 6.45) is 1.81. The first-order valence-electron chi connectivity index (χ1n) is 7.63. The molecule has 0 spiro atoms. The van der Waals surface area contributed by atoms with Gasteiger partial charge in [0, 0.05) is 24.1 Å². The highest BCUT2D eigenvalue weighted by Crippen LogP contribution is 2.34. The molecule has 0 atom stereocenters. The van der Waals surface area contributed by atoms with Crippen LogP contribution in [0.5, 0.6) is 0 Å². The van der Waals surface area contributed by atoms with Crippen LogP contribution in [0.2, 0.25) is 0 Å². The molecule has 0 aliphatic carbocycles. The highest BCUT2D eigenvalue weighted by molar-refractivity contribution is 6.15. The maximum absolute atomic E-state index is 12.3. The fraction of sp³-hybridized carbons (Fsp3) is 0.100. The van der Waals surface area contributed by atoms with Crippen molar-refractivity contribution in [1.29, 1.82) is 0 Å². The van der Waals surface area contributed by atoms with Crippen molar-refractivity contribution in [3.63, 3.8) is 0 Å². The van der Waals surface area contributed by atoms with Crippen LogP contribution < -0.4 is 0 Å². The first-order chi connectivity index (χ1) is 11.2. The van der Waals surface area contributed by atoms with Crippen molar-refractivity contribution in [3.8, 4) is 11.1 Å². The molecule has 2 aromatic carbocycles. The zero-order chi connectivity index (χ0) is 16.0. The van der Waals surface area contributed by atoms with E-state index >= 15 is 0 Å². The van der Waals surface area contributed by atoms with E-state index in [1.54, 1.807) is 11.5 Å². The van der Waals surface area contributed by atoms with Crippen molar-refractivity contribution >= 4 is 27.8 Å². The minimum Gasteiger partial charge on any atom is -0.278 e. The summed E-state index contributed by atoms with van der Waals surface area (Å²) in [5.74, 6) is -0.00226. The molecule has 0 saturated heterocycles. The molecule has 3 heteroatoms. The minimum absolute atomic E-state index is 0.00226. The molecule has 0 unspecified atom stereocenters. The molecule has 0 aliphatic rings. The summed E-state index contributed by atoms with van der Waals surface area (Å²) >= 11 is 0. The van der Waals surface area contributed by atoms with Crippen molar-refractivity contribution in [2.24, 2.45) is 0 Å². The van der Waals surface area contributed by atoms with Crippen molar-refractivity contribution in [1.82, 2.24) is 9.55 Å². The van der Waals surface area contributed by atoms with Crippen molar-refractivity contribution in [2.45, 2.75) is 13.8 Å². The third-order valence-corrected chi connectivity index (χ3v) is 4.23. The average Bonchev–Trinajstić information content (AvgIpc) is 2.90. The summed E-state index contributed by atoms with van der Waals surface area (Å²) in [5, 5.41) is 1.01. The smallest absolute Gasteiger partial charge is 0.228 e. The molecule has 3 nitrogen and oxygen atoms in total. The molecule has 0 amide bonds. The van der Waals surface area contributed by atoms with Gasteiger partial charge in [0.15, 0.2) is 0 Å². The first-order valence-corrected chi connectivity index (χ1v) is 7.63. The Morgan fingerprint density at radius 3 is 2.48 bits per heavy atom. The lowest BCUT2D eigenvalue weighted by Gasteiger charge is -2.08. The van der Waals surface area contributed by atoms with E-state index < -0.39 is 0 Å². The Bertz CT molecular complexity index is 1040. The molecule has 0 radical (unpaired) electrons. The molecule has 112 valence electrons. The van der Waals surface area contributed by atoms with Gasteiger partial charge < -0.3 is 0 Å². The highest BCUT2D eigenvalue weighted by atomic mass is 16.1. The van der Waals surface area contributed by atoms with Crippen LogP contribution in [-0.4, -0.2) is 15.5 Å². The molecular weight excluding hydrogens is 284 g/mol. The van der Waals surface area contributed by atoms with Gasteiger partial charge in [-0.3, -0.25) is 14.3 Å². The van der Waals surface area contributed by atoms with Crippen LogP contribution in [0.15, 0.2) is 60.8 Å². The van der Waals surface area contributed by atoms with E-state index in [-0.39, 0.29) is 5.91 Å². The van der Waals surface area contributed by atoms with Gasteiger partial charge in [0.05, 0.1) is 16.6 Å². The molecule has 2 aromatic heterocycles.